The zero-order chi connectivity index (χ0) is 9.56. The van der Waals surface area contributed by atoms with Crippen LogP contribution in [0.15, 0.2) is 12.2 Å². The van der Waals surface area contributed by atoms with Crippen LogP contribution in [0.4, 0.5) is 0 Å². The summed E-state index contributed by atoms with van der Waals surface area (Å²) in [6.45, 7) is 2.49. The fraction of sp³-hybridized carbons (Fsp3) is 0.625. The molecule has 0 aromatic carbocycles. The van der Waals surface area contributed by atoms with Gasteiger partial charge in [0, 0.05) is 18.7 Å². The summed E-state index contributed by atoms with van der Waals surface area (Å²) >= 11 is 0. The van der Waals surface area contributed by atoms with Gasteiger partial charge >= 0.3 is 5.97 Å². The van der Waals surface area contributed by atoms with Crippen molar-refractivity contribution >= 4 is 5.97 Å². The molecule has 1 atom stereocenters. The molecule has 4 heteroatoms. The van der Waals surface area contributed by atoms with Crippen LogP contribution < -0.4 is 0 Å². The topological polar surface area (TPSA) is 60.8 Å². The lowest BCUT2D eigenvalue weighted by Gasteiger charge is -2.20. The maximum Gasteiger partial charge on any atom is 0.328 e. The number of carboxylic acid groups (broad SMARTS) is 1. The van der Waals surface area contributed by atoms with Gasteiger partial charge in [0.15, 0.2) is 0 Å². The van der Waals surface area contributed by atoms with Crippen LogP contribution in [-0.2, 0) is 4.79 Å². The van der Waals surface area contributed by atoms with Gasteiger partial charge in [-0.2, -0.15) is 0 Å². The Morgan fingerprint density at radius 1 is 1.67 bits per heavy atom. The van der Waals surface area contributed by atoms with Gasteiger partial charge in [-0.05, 0) is 14.0 Å². The van der Waals surface area contributed by atoms with E-state index in [1.54, 1.807) is 6.08 Å². The number of rotatable bonds is 5. The molecule has 0 aliphatic heterocycles. The van der Waals surface area contributed by atoms with E-state index in [0.717, 1.165) is 6.08 Å². The van der Waals surface area contributed by atoms with Crippen molar-refractivity contribution in [2.75, 3.05) is 20.2 Å². The molecule has 0 fully saturated rings. The first-order chi connectivity index (χ1) is 5.57. The molecule has 4 nitrogen and oxygen atoms in total. The predicted octanol–water partition coefficient (Wildman–Crippen LogP) is -0.0602. The van der Waals surface area contributed by atoms with Crippen LogP contribution in [0.25, 0.3) is 0 Å². The standard InChI is InChI=1S/C8H15NO3/c1-7(6-10)9(2)5-3-4-8(11)12/h3-4,7,10H,5-6H2,1-2H3,(H,11,12)/b4-3+. The number of hydrogen-bond acceptors (Lipinski definition) is 3. The number of aliphatic hydroxyl groups excluding tert-OH is 1. The van der Waals surface area contributed by atoms with Crippen molar-refractivity contribution in [2.45, 2.75) is 13.0 Å². The average Bonchev–Trinajstić information content (AvgIpc) is 2.02. The van der Waals surface area contributed by atoms with Gasteiger partial charge in [0.2, 0.25) is 0 Å². The van der Waals surface area contributed by atoms with Gasteiger partial charge in [-0.1, -0.05) is 6.08 Å². The van der Waals surface area contributed by atoms with Crippen molar-refractivity contribution in [3.8, 4) is 0 Å². The highest BCUT2D eigenvalue weighted by Crippen LogP contribution is 1.93. The minimum Gasteiger partial charge on any atom is -0.478 e. The van der Waals surface area contributed by atoms with Crippen LogP contribution in [-0.4, -0.2) is 47.3 Å². The van der Waals surface area contributed by atoms with Gasteiger partial charge in [-0.15, -0.1) is 0 Å². The summed E-state index contributed by atoms with van der Waals surface area (Å²) in [6.07, 6.45) is 2.65. The average molecular weight is 173 g/mol. The molecule has 12 heavy (non-hydrogen) atoms. The highest BCUT2D eigenvalue weighted by molar-refractivity contribution is 5.79. The molecule has 0 spiro atoms. The first kappa shape index (κ1) is 11.1. The summed E-state index contributed by atoms with van der Waals surface area (Å²) in [6, 6.07) is 0.0587. The Morgan fingerprint density at radius 2 is 2.25 bits per heavy atom. The molecule has 2 N–H and O–H groups in total. The maximum atomic E-state index is 10.1. The quantitative estimate of drug-likeness (QED) is 0.572. The van der Waals surface area contributed by atoms with E-state index in [4.69, 9.17) is 10.2 Å². The van der Waals surface area contributed by atoms with Gasteiger partial charge in [-0.25, -0.2) is 4.79 Å². The van der Waals surface area contributed by atoms with E-state index in [9.17, 15) is 4.79 Å². The monoisotopic (exact) mass is 173 g/mol. The highest BCUT2D eigenvalue weighted by atomic mass is 16.4. The van der Waals surface area contributed by atoms with Crippen LogP contribution in [0.1, 0.15) is 6.92 Å². The van der Waals surface area contributed by atoms with E-state index in [0.29, 0.717) is 6.54 Å². The highest BCUT2D eigenvalue weighted by Gasteiger charge is 2.04. The van der Waals surface area contributed by atoms with Crippen molar-refractivity contribution in [3.05, 3.63) is 12.2 Å². The smallest absolute Gasteiger partial charge is 0.328 e. The van der Waals surface area contributed by atoms with E-state index < -0.39 is 5.97 Å². The Balaban J connectivity index is 3.70. The first-order valence-electron chi connectivity index (χ1n) is 3.78. The molecule has 70 valence electrons. The van der Waals surface area contributed by atoms with Crippen LogP contribution in [0.3, 0.4) is 0 Å². The molecule has 0 aliphatic carbocycles. The van der Waals surface area contributed by atoms with E-state index in [1.807, 2.05) is 18.9 Å². The molecular weight excluding hydrogens is 158 g/mol. The molecular formula is C8H15NO3. The largest absolute Gasteiger partial charge is 0.478 e. The molecule has 0 rings (SSSR count). The molecule has 1 unspecified atom stereocenters. The van der Waals surface area contributed by atoms with Crippen molar-refractivity contribution in [3.63, 3.8) is 0 Å². The SMILES string of the molecule is CC(CO)N(C)C/C=C/C(=O)O. The second-order valence-electron chi connectivity index (χ2n) is 2.71. The molecule has 0 aliphatic rings. The Kier molecular flexibility index (Phi) is 5.32. The van der Waals surface area contributed by atoms with Crippen LogP contribution >= 0.6 is 0 Å². The van der Waals surface area contributed by atoms with E-state index in [2.05, 4.69) is 0 Å². The Bertz CT molecular complexity index is 168. The van der Waals surface area contributed by atoms with Crippen LogP contribution in [0.2, 0.25) is 0 Å². The lowest BCUT2D eigenvalue weighted by atomic mass is 10.3. The Morgan fingerprint density at radius 3 is 2.67 bits per heavy atom. The first-order valence-corrected chi connectivity index (χ1v) is 3.78. The van der Waals surface area contributed by atoms with Gasteiger partial charge in [0.1, 0.15) is 0 Å². The minimum atomic E-state index is -0.944. The van der Waals surface area contributed by atoms with Crippen LogP contribution in [0.5, 0.6) is 0 Å². The molecule has 0 heterocycles. The summed E-state index contributed by atoms with van der Waals surface area (Å²) in [4.78, 5) is 11.9. The van der Waals surface area contributed by atoms with Crippen molar-refractivity contribution in [1.29, 1.82) is 0 Å². The van der Waals surface area contributed by atoms with Gasteiger partial charge < -0.3 is 10.2 Å². The summed E-state index contributed by atoms with van der Waals surface area (Å²) in [5.41, 5.74) is 0. The third-order valence-electron chi connectivity index (χ3n) is 1.67. The van der Waals surface area contributed by atoms with Gasteiger partial charge in [0.05, 0.1) is 6.61 Å². The molecule has 0 saturated heterocycles. The van der Waals surface area contributed by atoms with Crippen molar-refractivity contribution in [2.24, 2.45) is 0 Å². The van der Waals surface area contributed by atoms with E-state index in [-0.39, 0.29) is 12.6 Å². The summed E-state index contributed by atoms with van der Waals surface area (Å²) < 4.78 is 0. The second-order valence-corrected chi connectivity index (χ2v) is 2.71. The summed E-state index contributed by atoms with van der Waals surface area (Å²) in [7, 11) is 1.83. The number of likely N-dealkylation sites (N-methyl/N-ethyl adjacent to an activating group) is 1. The number of hydrogen-bond donors (Lipinski definition) is 2. The molecule has 0 aromatic rings. The Hall–Kier alpha value is -0.870. The normalized spacial score (nSPS) is 14.0. The van der Waals surface area contributed by atoms with Gasteiger partial charge in [0.25, 0.3) is 0 Å². The molecule has 0 bridgehead atoms. The zero-order valence-electron chi connectivity index (χ0n) is 7.40. The molecule has 0 saturated carbocycles. The number of aliphatic hydroxyl groups is 1. The fourth-order valence-corrected chi connectivity index (χ4v) is 0.639. The van der Waals surface area contributed by atoms with Crippen molar-refractivity contribution < 1.29 is 15.0 Å². The number of carbonyl (C=O) groups is 1. The fourth-order valence-electron chi connectivity index (χ4n) is 0.639. The van der Waals surface area contributed by atoms with E-state index in [1.165, 1.54) is 0 Å². The molecule has 0 amide bonds. The van der Waals surface area contributed by atoms with Crippen molar-refractivity contribution in [1.82, 2.24) is 4.90 Å². The number of aliphatic carboxylic acids is 1. The zero-order valence-corrected chi connectivity index (χ0v) is 7.40. The Labute approximate surface area is 72.1 Å². The molecule has 0 radical (unpaired) electrons. The van der Waals surface area contributed by atoms with Gasteiger partial charge in [-0.3, -0.25) is 4.90 Å². The lowest BCUT2D eigenvalue weighted by Crippen LogP contribution is -2.32. The third-order valence-corrected chi connectivity index (χ3v) is 1.67. The lowest BCUT2D eigenvalue weighted by molar-refractivity contribution is -0.131. The minimum absolute atomic E-state index is 0.0587. The second kappa shape index (κ2) is 5.74. The summed E-state index contributed by atoms with van der Waals surface area (Å²) in [5.74, 6) is -0.944. The number of carboxylic acids is 1. The third kappa shape index (κ3) is 4.87. The summed E-state index contributed by atoms with van der Waals surface area (Å²) in [5, 5.41) is 17.0. The van der Waals surface area contributed by atoms with E-state index >= 15 is 0 Å². The molecule has 0 aromatic heterocycles. The predicted molar refractivity (Wildman–Crippen MR) is 46.0 cm³/mol. The number of nitrogens with zero attached hydrogens (tertiary/aromatic N) is 1. The maximum absolute atomic E-state index is 10.1. The van der Waals surface area contributed by atoms with Crippen LogP contribution in [0, 0.1) is 0 Å².